The fourth-order valence-corrected chi connectivity index (χ4v) is 3.33. The van der Waals surface area contributed by atoms with Crippen LogP contribution in [0.25, 0.3) is 0 Å². The Labute approximate surface area is 127 Å². The number of rotatable bonds is 4. The van der Waals surface area contributed by atoms with E-state index < -0.39 is 0 Å². The van der Waals surface area contributed by atoms with Crippen molar-refractivity contribution >= 4 is 27.7 Å². The lowest BCUT2D eigenvalue weighted by atomic mass is 10.0. The molecule has 100 valence electrons. The van der Waals surface area contributed by atoms with Crippen molar-refractivity contribution in [3.63, 3.8) is 0 Å². The van der Waals surface area contributed by atoms with E-state index in [2.05, 4.69) is 78.3 Å². The molecule has 2 aromatic rings. The van der Waals surface area contributed by atoms with Crippen molar-refractivity contribution in [3.8, 4) is 0 Å². The third-order valence-corrected chi connectivity index (χ3v) is 4.95. The third-order valence-electron chi connectivity index (χ3n) is 2.92. The molecule has 0 aliphatic carbocycles. The zero-order valence-corrected chi connectivity index (χ0v) is 13.5. The summed E-state index contributed by atoms with van der Waals surface area (Å²) in [5.41, 5.74) is 8.74. The lowest BCUT2D eigenvalue weighted by molar-refractivity contribution is 0.721. The summed E-state index contributed by atoms with van der Waals surface area (Å²) in [5.74, 6) is 0. The second kappa shape index (κ2) is 6.60. The average molecular weight is 336 g/mol. The highest BCUT2D eigenvalue weighted by atomic mass is 79.9. The SMILES string of the molecule is Cc1cccc(C(Sc2ccc(Br)cc2)C(C)N)c1. The molecule has 1 nitrogen and oxygen atoms in total. The number of aryl methyl sites for hydroxylation is 1. The standard InChI is InChI=1S/C16H18BrNS/c1-11-4-3-5-13(10-11)16(12(2)18)19-15-8-6-14(17)7-9-15/h3-10,12,16H,18H2,1-2H3. The molecule has 19 heavy (non-hydrogen) atoms. The Hall–Kier alpha value is -0.770. The van der Waals surface area contributed by atoms with Gasteiger partial charge in [0.15, 0.2) is 0 Å². The van der Waals surface area contributed by atoms with Gasteiger partial charge in [-0.1, -0.05) is 45.8 Å². The predicted octanol–water partition coefficient (Wildman–Crippen LogP) is 4.94. The Balaban J connectivity index is 2.23. The van der Waals surface area contributed by atoms with Crippen molar-refractivity contribution in [2.45, 2.75) is 30.0 Å². The topological polar surface area (TPSA) is 26.0 Å². The molecule has 0 bridgehead atoms. The summed E-state index contributed by atoms with van der Waals surface area (Å²) in [6.45, 7) is 4.19. The largest absolute Gasteiger partial charge is 0.327 e. The second-order valence-electron chi connectivity index (χ2n) is 4.77. The van der Waals surface area contributed by atoms with Crippen molar-refractivity contribution in [2.24, 2.45) is 5.73 Å². The highest BCUT2D eigenvalue weighted by Crippen LogP contribution is 2.37. The molecule has 0 fully saturated rings. The lowest BCUT2D eigenvalue weighted by Gasteiger charge is -2.21. The van der Waals surface area contributed by atoms with E-state index in [1.54, 1.807) is 0 Å². The molecule has 0 spiro atoms. The lowest BCUT2D eigenvalue weighted by Crippen LogP contribution is -2.22. The molecule has 0 heterocycles. The van der Waals surface area contributed by atoms with Gasteiger partial charge in [0.2, 0.25) is 0 Å². The first kappa shape index (κ1) is 14.6. The molecular formula is C16H18BrNS. The van der Waals surface area contributed by atoms with Gasteiger partial charge in [-0.15, -0.1) is 11.8 Å². The van der Waals surface area contributed by atoms with Gasteiger partial charge >= 0.3 is 0 Å². The molecule has 2 unspecified atom stereocenters. The fraction of sp³-hybridized carbons (Fsp3) is 0.250. The van der Waals surface area contributed by atoms with E-state index in [4.69, 9.17) is 5.73 Å². The highest BCUT2D eigenvalue weighted by Gasteiger charge is 2.17. The van der Waals surface area contributed by atoms with E-state index in [-0.39, 0.29) is 11.3 Å². The van der Waals surface area contributed by atoms with E-state index in [0.29, 0.717) is 0 Å². The average Bonchev–Trinajstić information content (AvgIpc) is 2.37. The van der Waals surface area contributed by atoms with Gasteiger partial charge in [0.05, 0.1) is 0 Å². The molecule has 0 saturated carbocycles. The van der Waals surface area contributed by atoms with Crippen LogP contribution in [0.1, 0.15) is 23.3 Å². The van der Waals surface area contributed by atoms with E-state index in [1.807, 2.05) is 11.8 Å². The van der Waals surface area contributed by atoms with Gasteiger partial charge in [-0.25, -0.2) is 0 Å². The Morgan fingerprint density at radius 1 is 1.11 bits per heavy atom. The van der Waals surface area contributed by atoms with Gasteiger partial charge in [0, 0.05) is 20.7 Å². The molecule has 0 radical (unpaired) electrons. The Bertz CT molecular complexity index is 537. The van der Waals surface area contributed by atoms with Crippen LogP contribution in [0.2, 0.25) is 0 Å². The van der Waals surface area contributed by atoms with Gasteiger partial charge in [-0.2, -0.15) is 0 Å². The van der Waals surface area contributed by atoms with E-state index in [0.717, 1.165) is 4.47 Å². The predicted molar refractivity (Wildman–Crippen MR) is 87.6 cm³/mol. The Morgan fingerprint density at radius 3 is 2.37 bits per heavy atom. The summed E-state index contributed by atoms with van der Waals surface area (Å²) in [6.07, 6.45) is 0. The maximum absolute atomic E-state index is 6.17. The van der Waals surface area contributed by atoms with Gasteiger partial charge in [-0.05, 0) is 43.7 Å². The van der Waals surface area contributed by atoms with Crippen LogP contribution in [0, 0.1) is 6.92 Å². The van der Waals surface area contributed by atoms with Crippen LogP contribution in [0.5, 0.6) is 0 Å². The Kier molecular flexibility index (Phi) is 5.08. The quantitative estimate of drug-likeness (QED) is 0.801. The van der Waals surface area contributed by atoms with Crippen LogP contribution >= 0.6 is 27.7 Å². The summed E-state index contributed by atoms with van der Waals surface area (Å²) in [7, 11) is 0. The van der Waals surface area contributed by atoms with Crippen LogP contribution in [0.3, 0.4) is 0 Å². The maximum Gasteiger partial charge on any atom is 0.0492 e. The number of hydrogen-bond acceptors (Lipinski definition) is 2. The molecule has 0 saturated heterocycles. The summed E-state index contributed by atoms with van der Waals surface area (Å²) in [6, 6.07) is 17.1. The second-order valence-corrected chi connectivity index (χ2v) is 6.90. The first-order valence-electron chi connectivity index (χ1n) is 6.30. The number of benzene rings is 2. The fourth-order valence-electron chi connectivity index (χ4n) is 1.99. The van der Waals surface area contributed by atoms with Gasteiger partial charge in [0.25, 0.3) is 0 Å². The number of halogens is 1. The summed E-state index contributed by atoms with van der Waals surface area (Å²) in [4.78, 5) is 1.24. The molecule has 0 aliphatic heterocycles. The minimum Gasteiger partial charge on any atom is -0.327 e. The molecule has 2 N–H and O–H groups in total. The first-order valence-corrected chi connectivity index (χ1v) is 7.98. The molecule has 3 heteroatoms. The molecule has 0 aromatic heterocycles. The first-order chi connectivity index (χ1) is 9.06. The normalized spacial score (nSPS) is 14.1. The monoisotopic (exact) mass is 335 g/mol. The number of thioether (sulfide) groups is 1. The molecular weight excluding hydrogens is 318 g/mol. The summed E-state index contributed by atoms with van der Waals surface area (Å²) >= 11 is 5.28. The van der Waals surface area contributed by atoms with Crippen molar-refractivity contribution in [2.75, 3.05) is 0 Å². The van der Waals surface area contributed by atoms with E-state index in [1.165, 1.54) is 16.0 Å². The number of hydrogen-bond donors (Lipinski definition) is 1. The minimum atomic E-state index is 0.107. The van der Waals surface area contributed by atoms with Crippen LogP contribution in [-0.2, 0) is 0 Å². The maximum atomic E-state index is 6.17. The van der Waals surface area contributed by atoms with Crippen LogP contribution in [-0.4, -0.2) is 6.04 Å². The van der Waals surface area contributed by atoms with E-state index >= 15 is 0 Å². The highest BCUT2D eigenvalue weighted by molar-refractivity contribution is 9.10. The zero-order chi connectivity index (χ0) is 13.8. The summed E-state index contributed by atoms with van der Waals surface area (Å²) in [5, 5.41) is 0.279. The van der Waals surface area contributed by atoms with E-state index in [9.17, 15) is 0 Å². The van der Waals surface area contributed by atoms with Crippen molar-refractivity contribution in [1.82, 2.24) is 0 Å². The molecule has 2 aromatic carbocycles. The van der Waals surface area contributed by atoms with Gasteiger partial charge in [0.1, 0.15) is 0 Å². The zero-order valence-electron chi connectivity index (χ0n) is 11.1. The third kappa shape index (κ3) is 4.10. The van der Waals surface area contributed by atoms with Crippen molar-refractivity contribution in [1.29, 1.82) is 0 Å². The minimum absolute atomic E-state index is 0.107. The molecule has 2 atom stereocenters. The van der Waals surface area contributed by atoms with Crippen molar-refractivity contribution < 1.29 is 0 Å². The molecule has 0 amide bonds. The molecule has 2 rings (SSSR count). The van der Waals surface area contributed by atoms with Crippen LogP contribution < -0.4 is 5.73 Å². The molecule has 0 aliphatic rings. The summed E-state index contributed by atoms with van der Waals surface area (Å²) < 4.78 is 1.10. The smallest absolute Gasteiger partial charge is 0.0492 e. The number of nitrogens with two attached hydrogens (primary N) is 1. The van der Waals surface area contributed by atoms with Crippen LogP contribution in [0.4, 0.5) is 0 Å². The van der Waals surface area contributed by atoms with Crippen LogP contribution in [0.15, 0.2) is 57.9 Å². The van der Waals surface area contributed by atoms with Crippen molar-refractivity contribution in [3.05, 3.63) is 64.1 Å². The van der Waals surface area contributed by atoms with Gasteiger partial charge in [-0.3, -0.25) is 0 Å². The van der Waals surface area contributed by atoms with Gasteiger partial charge < -0.3 is 5.73 Å². The Morgan fingerprint density at radius 2 is 1.79 bits per heavy atom.